The van der Waals surface area contributed by atoms with Gasteiger partial charge in [0.15, 0.2) is 12.2 Å². The van der Waals surface area contributed by atoms with E-state index in [4.69, 9.17) is 37.0 Å². The van der Waals surface area contributed by atoms with Crippen molar-refractivity contribution in [3.8, 4) is 0 Å². The van der Waals surface area contributed by atoms with Gasteiger partial charge in [-0.2, -0.15) is 0 Å². The largest absolute Gasteiger partial charge is 0.472 e. The minimum atomic E-state index is -4.97. The van der Waals surface area contributed by atoms with Crippen LogP contribution in [0.2, 0.25) is 0 Å². The van der Waals surface area contributed by atoms with Gasteiger partial charge in [0.05, 0.1) is 26.4 Å². The number of aliphatic hydroxyl groups is 1. The average molecular weight is 1400 g/mol. The van der Waals surface area contributed by atoms with Crippen LogP contribution in [0.3, 0.4) is 0 Å². The zero-order chi connectivity index (χ0) is 70.4. The number of unbranched alkanes of at least 4 members (excludes halogenated alkanes) is 38. The van der Waals surface area contributed by atoms with Gasteiger partial charge in [0.25, 0.3) is 0 Å². The first-order chi connectivity index (χ1) is 46.7. The molecule has 0 aromatic carbocycles. The van der Waals surface area contributed by atoms with Gasteiger partial charge in [-0.25, -0.2) is 9.13 Å². The Kier molecular flexibility index (Phi) is 67.8. The molecule has 19 heteroatoms. The zero-order valence-electron chi connectivity index (χ0n) is 61.1. The number of carbonyl (C=O) groups is 4. The van der Waals surface area contributed by atoms with Crippen LogP contribution in [0.5, 0.6) is 0 Å². The minimum Gasteiger partial charge on any atom is -0.462 e. The smallest absolute Gasteiger partial charge is 0.462 e. The molecule has 0 heterocycles. The van der Waals surface area contributed by atoms with E-state index in [1.54, 1.807) is 0 Å². The molecule has 96 heavy (non-hydrogen) atoms. The van der Waals surface area contributed by atoms with Gasteiger partial charge in [-0.1, -0.05) is 255 Å². The first-order valence-corrected chi connectivity index (χ1v) is 41.5. The van der Waals surface area contributed by atoms with Crippen molar-refractivity contribution in [1.82, 2.24) is 0 Å². The molecule has 0 rings (SSSR count). The summed E-state index contributed by atoms with van der Waals surface area (Å²) in [6.07, 6.45) is 67.8. The third-order valence-electron chi connectivity index (χ3n) is 16.5. The van der Waals surface area contributed by atoms with Crippen molar-refractivity contribution in [1.29, 1.82) is 0 Å². The number of carbonyl (C=O) groups excluding carboxylic acids is 4. The predicted molar refractivity (Wildman–Crippen MR) is 390 cm³/mol. The maximum absolute atomic E-state index is 13.1. The van der Waals surface area contributed by atoms with Crippen LogP contribution >= 0.6 is 15.6 Å². The molecule has 0 aromatic heterocycles. The number of allylic oxidation sites excluding steroid dienone is 10. The van der Waals surface area contributed by atoms with E-state index in [1.807, 2.05) is 0 Å². The van der Waals surface area contributed by atoms with Crippen LogP contribution < -0.4 is 0 Å². The summed E-state index contributed by atoms with van der Waals surface area (Å²) < 4.78 is 68.4. The molecule has 0 aromatic rings. The number of esters is 4. The number of rotatable bonds is 73. The molecule has 0 fully saturated rings. The molecule has 0 bridgehead atoms. The highest BCUT2D eigenvalue weighted by molar-refractivity contribution is 7.47. The van der Waals surface area contributed by atoms with Gasteiger partial charge in [-0.15, -0.1) is 0 Å². The first-order valence-electron chi connectivity index (χ1n) is 38.5. The highest BCUT2D eigenvalue weighted by Gasteiger charge is 2.30. The van der Waals surface area contributed by atoms with Gasteiger partial charge >= 0.3 is 39.5 Å². The number of ether oxygens (including phenoxy) is 4. The van der Waals surface area contributed by atoms with Crippen LogP contribution in [0, 0.1) is 0 Å². The summed E-state index contributed by atoms with van der Waals surface area (Å²) in [5, 5.41) is 10.6. The van der Waals surface area contributed by atoms with Crippen molar-refractivity contribution in [2.24, 2.45) is 0 Å². The Labute approximate surface area is 584 Å². The lowest BCUT2D eigenvalue weighted by Crippen LogP contribution is -2.30. The standard InChI is InChI=1S/C77H140O17P2/c1-5-9-13-17-21-25-29-33-35-39-42-46-50-54-58-62-75(80)88-68-72(93-76(81)63-59-55-51-47-43-38-32-28-24-20-16-12-8-4)69-91-95(83,84)89-65-71(78)66-90-96(85,86)92-70-73(67-87-74(79)61-57-53-49-45-41-37-31-27-23-19-15-11-7-3)94-77(82)64-60-56-52-48-44-40-36-34-30-26-22-18-14-10-6-2/h26-28,30-36,71-73,78H,5-25,29,37-70H2,1-4H3,(H,83,84)(H,85,86)/b30-26-,31-27-,32-28-,35-33-,36-34-/t71-,72-,73-/m1/s1. The third kappa shape index (κ3) is 69.2. The fraction of sp³-hybridized carbons (Fsp3) is 0.818. The minimum absolute atomic E-state index is 0.0791. The topological polar surface area (TPSA) is 237 Å². The van der Waals surface area contributed by atoms with Crippen LogP contribution in [0.1, 0.15) is 349 Å². The van der Waals surface area contributed by atoms with Crippen LogP contribution in [0.4, 0.5) is 0 Å². The summed E-state index contributed by atoms with van der Waals surface area (Å²) in [6.45, 7) is 4.82. The molecule has 0 aliphatic heterocycles. The summed E-state index contributed by atoms with van der Waals surface area (Å²) in [4.78, 5) is 72.8. The Morgan fingerprint density at radius 1 is 0.292 bits per heavy atom. The van der Waals surface area contributed by atoms with Crippen LogP contribution in [0.15, 0.2) is 60.8 Å². The molecular weight excluding hydrogens is 1260 g/mol. The van der Waals surface area contributed by atoms with Crippen LogP contribution in [-0.4, -0.2) is 96.7 Å². The lowest BCUT2D eigenvalue weighted by atomic mass is 10.1. The van der Waals surface area contributed by atoms with E-state index < -0.39 is 97.5 Å². The van der Waals surface area contributed by atoms with Crippen molar-refractivity contribution in [3.63, 3.8) is 0 Å². The van der Waals surface area contributed by atoms with Gasteiger partial charge in [0, 0.05) is 25.7 Å². The third-order valence-corrected chi connectivity index (χ3v) is 18.4. The van der Waals surface area contributed by atoms with E-state index in [9.17, 15) is 43.2 Å². The van der Waals surface area contributed by atoms with Gasteiger partial charge in [-0.05, 0) is 128 Å². The van der Waals surface area contributed by atoms with Crippen molar-refractivity contribution >= 4 is 39.5 Å². The molecule has 17 nitrogen and oxygen atoms in total. The van der Waals surface area contributed by atoms with E-state index >= 15 is 0 Å². The monoisotopic (exact) mass is 1400 g/mol. The molecule has 0 aliphatic rings. The Bertz CT molecular complexity index is 2060. The van der Waals surface area contributed by atoms with Gasteiger partial charge in [-0.3, -0.25) is 37.3 Å². The SMILES string of the molecule is CCCCCC/C=C\C=C/CCCCCCCC(=O)O[C@H](COC(=O)CCCCCCC/C=C\CCCCCC)COP(=O)(O)OC[C@H](O)COP(=O)(O)OC[C@@H](COC(=O)CCCCCCC/C=C\CCCCCCCC)OC(=O)CCCCCCC/C=C\CCCCCC. The molecule has 0 radical (unpaired) electrons. The molecule has 3 N–H and O–H groups in total. The number of phosphoric acid groups is 2. The summed E-state index contributed by atoms with van der Waals surface area (Å²) >= 11 is 0. The molecule has 0 saturated carbocycles. The van der Waals surface area contributed by atoms with Crippen LogP contribution in [-0.2, 0) is 65.4 Å². The van der Waals surface area contributed by atoms with Gasteiger partial charge < -0.3 is 33.8 Å². The highest BCUT2D eigenvalue weighted by atomic mass is 31.2. The van der Waals surface area contributed by atoms with Crippen molar-refractivity contribution in [3.05, 3.63) is 60.8 Å². The second-order valence-corrected chi connectivity index (χ2v) is 28.9. The molecular formula is C77H140O17P2. The molecule has 560 valence electrons. The molecule has 0 spiro atoms. The van der Waals surface area contributed by atoms with E-state index in [1.165, 1.54) is 116 Å². The summed E-state index contributed by atoms with van der Waals surface area (Å²) in [5.74, 6) is -2.19. The fourth-order valence-electron chi connectivity index (χ4n) is 10.5. The van der Waals surface area contributed by atoms with E-state index in [-0.39, 0.29) is 25.7 Å². The number of hydrogen-bond acceptors (Lipinski definition) is 15. The maximum Gasteiger partial charge on any atom is 0.472 e. The normalized spacial score (nSPS) is 14.3. The van der Waals surface area contributed by atoms with Gasteiger partial charge in [0.2, 0.25) is 0 Å². The maximum atomic E-state index is 13.1. The first kappa shape index (κ1) is 92.8. The lowest BCUT2D eigenvalue weighted by molar-refractivity contribution is -0.161. The van der Waals surface area contributed by atoms with E-state index in [2.05, 4.69) is 88.5 Å². The molecule has 0 saturated heterocycles. The fourth-order valence-corrected chi connectivity index (χ4v) is 12.1. The number of phosphoric ester groups is 2. The van der Waals surface area contributed by atoms with Crippen LogP contribution in [0.25, 0.3) is 0 Å². The second-order valence-electron chi connectivity index (χ2n) is 26.0. The molecule has 2 unspecified atom stereocenters. The lowest BCUT2D eigenvalue weighted by Gasteiger charge is -2.21. The number of hydrogen-bond donors (Lipinski definition) is 3. The van der Waals surface area contributed by atoms with E-state index in [0.29, 0.717) is 25.7 Å². The van der Waals surface area contributed by atoms with Crippen molar-refractivity contribution in [2.75, 3.05) is 39.6 Å². The summed E-state index contributed by atoms with van der Waals surface area (Å²) in [7, 11) is -9.94. The van der Waals surface area contributed by atoms with E-state index in [0.717, 1.165) is 154 Å². The summed E-state index contributed by atoms with van der Waals surface area (Å²) in [5.41, 5.74) is 0. The molecule has 5 atom stereocenters. The second kappa shape index (κ2) is 70.2. The van der Waals surface area contributed by atoms with Crippen molar-refractivity contribution < 1.29 is 80.2 Å². The zero-order valence-corrected chi connectivity index (χ0v) is 62.8. The molecule has 0 amide bonds. The Morgan fingerprint density at radius 3 is 0.792 bits per heavy atom. The average Bonchev–Trinajstić information content (AvgIpc) is 1.29. The Balaban J connectivity index is 5.34. The van der Waals surface area contributed by atoms with Gasteiger partial charge in [0.1, 0.15) is 19.3 Å². The Hall–Kier alpha value is -3.24. The number of aliphatic hydroxyl groups excluding tert-OH is 1. The Morgan fingerprint density at radius 2 is 0.510 bits per heavy atom. The predicted octanol–water partition coefficient (Wildman–Crippen LogP) is 21.9. The molecule has 0 aliphatic carbocycles. The quantitative estimate of drug-likeness (QED) is 0.0128. The van der Waals surface area contributed by atoms with Crippen molar-refractivity contribution in [2.45, 2.75) is 367 Å². The highest BCUT2D eigenvalue weighted by Crippen LogP contribution is 2.45. The summed E-state index contributed by atoms with van der Waals surface area (Å²) in [6, 6.07) is 0.